The van der Waals surface area contributed by atoms with Gasteiger partial charge >= 0.3 is 5.97 Å². The number of oxazole rings is 1. The summed E-state index contributed by atoms with van der Waals surface area (Å²) in [6, 6.07) is 5.20. The van der Waals surface area contributed by atoms with Crippen molar-refractivity contribution in [2.24, 2.45) is 0 Å². The molecule has 1 heterocycles. The Kier molecular flexibility index (Phi) is 3.43. The standard InChI is InChI=1S/C13H13NO3S/c1-7-4-5-10(12(15)16)11(6-7)18-13-14-8(2)9(3)17-13/h4-6H,1-3H3,(H,15,16). The molecule has 0 fully saturated rings. The number of aryl methyl sites for hydroxylation is 3. The summed E-state index contributed by atoms with van der Waals surface area (Å²) in [5.74, 6) is -0.195. The zero-order valence-electron chi connectivity index (χ0n) is 10.4. The Morgan fingerprint density at radius 3 is 2.61 bits per heavy atom. The SMILES string of the molecule is Cc1ccc(C(=O)O)c(Sc2nc(C)c(C)o2)c1. The molecule has 0 spiro atoms. The summed E-state index contributed by atoms with van der Waals surface area (Å²) in [7, 11) is 0. The molecule has 0 unspecified atom stereocenters. The van der Waals surface area contributed by atoms with Crippen LogP contribution < -0.4 is 0 Å². The van der Waals surface area contributed by atoms with Gasteiger partial charge in [0.2, 0.25) is 0 Å². The second-order valence-corrected chi connectivity index (χ2v) is 5.02. The fourth-order valence-corrected chi connectivity index (χ4v) is 2.52. The van der Waals surface area contributed by atoms with Crippen molar-refractivity contribution in [3.05, 3.63) is 40.8 Å². The molecular formula is C13H13NO3S. The number of hydrogen-bond donors (Lipinski definition) is 1. The summed E-state index contributed by atoms with van der Waals surface area (Å²) in [6.07, 6.45) is 0. The number of carboxylic acid groups (broad SMARTS) is 1. The number of aromatic nitrogens is 1. The first-order valence-corrected chi connectivity index (χ1v) is 6.25. The third-order valence-electron chi connectivity index (χ3n) is 2.57. The number of carboxylic acids is 1. The number of carbonyl (C=O) groups is 1. The lowest BCUT2D eigenvalue weighted by atomic mass is 10.1. The molecule has 2 rings (SSSR count). The van der Waals surface area contributed by atoms with Crippen LogP contribution in [0.4, 0.5) is 0 Å². The van der Waals surface area contributed by atoms with E-state index in [0.717, 1.165) is 17.0 Å². The predicted molar refractivity (Wildman–Crippen MR) is 68.2 cm³/mol. The van der Waals surface area contributed by atoms with Gasteiger partial charge in [-0.2, -0.15) is 0 Å². The van der Waals surface area contributed by atoms with Crippen molar-refractivity contribution >= 4 is 17.7 Å². The molecule has 94 valence electrons. The van der Waals surface area contributed by atoms with Gasteiger partial charge in [-0.05, 0) is 50.2 Å². The van der Waals surface area contributed by atoms with E-state index in [-0.39, 0.29) is 5.56 Å². The zero-order valence-corrected chi connectivity index (χ0v) is 11.2. The smallest absolute Gasteiger partial charge is 0.336 e. The molecule has 0 aliphatic heterocycles. The van der Waals surface area contributed by atoms with Crippen molar-refractivity contribution in [3.8, 4) is 0 Å². The Bertz CT molecular complexity index is 585. The Morgan fingerprint density at radius 1 is 1.33 bits per heavy atom. The molecule has 0 saturated heterocycles. The number of benzene rings is 1. The molecule has 0 radical (unpaired) electrons. The first-order valence-electron chi connectivity index (χ1n) is 5.43. The second kappa shape index (κ2) is 4.86. The van der Waals surface area contributed by atoms with Gasteiger partial charge in [0.15, 0.2) is 0 Å². The van der Waals surface area contributed by atoms with Crippen molar-refractivity contribution in [2.75, 3.05) is 0 Å². The predicted octanol–water partition coefficient (Wildman–Crippen LogP) is 3.45. The lowest BCUT2D eigenvalue weighted by molar-refractivity contribution is 0.0693. The normalized spacial score (nSPS) is 10.6. The van der Waals surface area contributed by atoms with Crippen LogP contribution in [0.2, 0.25) is 0 Å². The fourth-order valence-electron chi connectivity index (χ4n) is 1.47. The molecule has 0 bridgehead atoms. The van der Waals surface area contributed by atoms with Crippen molar-refractivity contribution < 1.29 is 14.3 Å². The van der Waals surface area contributed by atoms with Gasteiger partial charge in [-0.25, -0.2) is 9.78 Å². The van der Waals surface area contributed by atoms with Crippen LogP contribution in [-0.4, -0.2) is 16.1 Å². The molecule has 0 aliphatic carbocycles. The monoisotopic (exact) mass is 263 g/mol. The first kappa shape index (κ1) is 12.7. The van der Waals surface area contributed by atoms with Gasteiger partial charge in [-0.15, -0.1) is 0 Å². The van der Waals surface area contributed by atoms with Crippen LogP contribution in [0.25, 0.3) is 0 Å². The summed E-state index contributed by atoms with van der Waals surface area (Å²) in [6.45, 7) is 5.61. The van der Waals surface area contributed by atoms with E-state index in [9.17, 15) is 4.79 Å². The van der Waals surface area contributed by atoms with Crippen LogP contribution in [0.1, 0.15) is 27.4 Å². The minimum Gasteiger partial charge on any atom is -0.478 e. The molecule has 1 aromatic heterocycles. The summed E-state index contributed by atoms with van der Waals surface area (Å²) in [5.41, 5.74) is 2.09. The lowest BCUT2D eigenvalue weighted by Crippen LogP contribution is -1.98. The molecule has 0 atom stereocenters. The molecule has 0 saturated carbocycles. The molecule has 1 aromatic carbocycles. The first-order chi connectivity index (χ1) is 8.47. The van der Waals surface area contributed by atoms with Crippen LogP contribution in [0.5, 0.6) is 0 Å². The highest BCUT2D eigenvalue weighted by Gasteiger charge is 2.14. The quantitative estimate of drug-likeness (QED) is 0.918. The average Bonchev–Trinajstić information content (AvgIpc) is 2.57. The van der Waals surface area contributed by atoms with E-state index in [0.29, 0.717) is 10.1 Å². The average molecular weight is 263 g/mol. The van der Waals surface area contributed by atoms with Gasteiger partial charge in [0, 0.05) is 4.90 Å². The van der Waals surface area contributed by atoms with Gasteiger partial charge in [0.25, 0.3) is 5.22 Å². The van der Waals surface area contributed by atoms with Gasteiger partial charge < -0.3 is 9.52 Å². The number of aromatic carboxylic acids is 1. The zero-order chi connectivity index (χ0) is 13.3. The molecule has 1 N–H and O–H groups in total. The largest absolute Gasteiger partial charge is 0.478 e. The summed E-state index contributed by atoms with van der Waals surface area (Å²) < 4.78 is 5.45. The van der Waals surface area contributed by atoms with E-state index < -0.39 is 5.97 Å². The topological polar surface area (TPSA) is 63.3 Å². The molecule has 5 heteroatoms. The molecule has 0 amide bonds. The molecule has 4 nitrogen and oxygen atoms in total. The third kappa shape index (κ3) is 2.56. The molecular weight excluding hydrogens is 250 g/mol. The maximum Gasteiger partial charge on any atom is 0.336 e. The number of hydrogen-bond acceptors (Lipinski definition) is 4. The molecule has 0 aliphatic rings. The third-order valence-corrected chi connectivity index (χ3v) is 3.48. The van der Waals surface area contributed by atoms with Crippen LogP contribution in [0.3, 0.4) is 0 Å². The van der Waals surface area contributed by atoms with E-state index in [1.807, 2.05) is 26.8 Å². The Balaban J connectivity index is 2.38. The minimum absolute atomic E-state index is 0.263. The summed E-state index contributed by atoms with van der Waals surface area (Å²) in [5, 5.41) is 9.60. The second-order valence-electron chi connectivity index (χ2n) is 4.03. The van der Waals surface area contributed by atoms with E-state index in [4.69, 9.17) is 9.52 Å². The van der Waals surface area contributed by atoms with Gasteiger partial charge in [-0.3, -0.25) is 0 Å². The Morgan fingerprint density at radius 2 is 2.06 bits per heavy atom. The summed E-state index contributed by atoms with van der Waals surface area (Å²) in [4.78, 5) is 16.0. The van der Waals surface area contributed by atoms with Crippen molar-refractivity contribution in [1.82, 2.24) is 4.98 Å². The van der Waals surface area contributed by atoms with E-state index in [2.05, 4.69) is 4.98 Å². The van der Waals surface area contributed by atoms with Crippen molar-refractivity contribution in [3.63, 3.8) is 0 Å². The maximum absolute atomic E-state index is 11.1. The molecule has 18 heavy (non-hydrogen) atoms. The van der Waals surface area contributed by atoms with Crippen molar-refractivity contribution in [2.45, 2.75) is 30.9 Å². The summed E-state index contributed by atoms with van der Waals surface area (Å²) >= 11 is 1.23. The number of rotatable bonds is 3. The Labute approximate surface area is 109 Å². The highest BCUT2D eigenvalue weighted by molar-refractivity contribution is 7.99. The van der Waals surface area contributed by atoms with Crippen LogP contribution in [0.15, 0.2) is 32.7 Å². The van der Waals surface area contributed by atoms with E-state index >= 15 is 0 Å². The molecule has 2 aromatic rings. The van der Waals surface area contributed by atoms with Crippen LogP contribution in [0, 0.1) is 20.8 Å². The minimum atomic E-state index is -0.947. The van der Waals surface area contributed by atoms with Gasteiger partial charge in [0.1, 0.15) is 5.76 Å². The fraction of sp³-hybridized carbons (Fsp3) is 0.231. The van der Waals surface area contributed by atoms with Gasteiger partial charge in [0.05, 0.1) is 11.3 Å². The van der Waals surface area contributed by atoms with Crippen molar-refractivity contribution in [1.29, 1.82) is 0 Å². The van der Waals surface area contributed by atoms with Crippen LogP contribution in [-0.2, 0) is 0 Å². The Hall–Kier alpha value is -1.75. The van der Waals surface area contributed by atoms with E-state index in [1.54, 1.807) is 12.1 Å². The lowest BCUT2D eigenvalue weighted by Gasteiger charge is -2.04. The maximum atomic E-state index is 11.1. The van der Waals surface area contributed by atoms with E-state index in [1.165, 1.54) is 11.8 Å². The number of nitrogens with zero attached hydrogens (tertiary/aromatic N) is 1. The highest BCUT2D eigenvalue weighted by atomic mass is 32.2. The highest BCUT2D eigenvalue weighted by Crippen LogP contribution is 2.31. The van der Waals surface area contributed by atoms with Crippen LogP contribution >= 0.6 is 11.8 Å². The van der Waals surface area contributed by atoms with Gasteiger partial charge in [-0.1, -0.05) is 6.07 Å².